The molecular weight excluding hydrogens is 332 g/mol. The number of nitrogens with one attached hydrogen (secondary N) is 1. The predicted octanol–water partition coefficient (Wildman–Crippen LogP) is 2.72. The van der Waals surface area contributed by atoms with Gasteiger partial charge in [-0.3, -0.25) is 4.79 Å². The third-order valence-corrected chi connectivity index (χ3v) is 4.20. The van der Waals surface area contributed by atoms with Gasteiger partial charge in [0.1, 0.15) is 5.76 Å². The number of carbonyl (C=O) groups is 1. The van der Waals surface area contributed by atoms with Crippen molar-refractivity contribution in [1.29, 1.82) is 0 Å². The fourth-order valence-electron chi connectivity index (χ4n) is 2.64. The lowest BCUT2D eigenvalue weighted by Gasteiger charge is -2.28. The standard InChI is InChI=1S/C16H17BrN2O2/c1-19(10-13-6-7-15(17)21-13)16(20)14-8-11-4-2-3-5-12(11)9-18-14/h2-7,14,18H,8-10H2,1H3/t14-/m1/s1. The Balaban J connectivity index is 1.66. The van der Waals surface area contributed by atoms with Crippen molar-refractivity contribution in [3.05, 3.63) is 58.0 Å². The molecule has 0 fully saturated rings. The predicted molar refractivity (Wildman–Crippen MR) is 83.7 cm³/mol. The van der Waals surface area contributed by atoms with Crippen molar-refractivity contribution >= 4 is 21.8 Å². The van der Waals surface area contributed by atoms with Gasteiger partial charge < -0.3 is 14.6 Å². The van der Waals surface area contributed by atoms with E-state index in [4.69, 9.17) is 4.42 Å². The smallest absolute Gasteiger partial charge is 0.240 e. The van der Waals surface area contributed by atoms with Crippen molar-refractivity contribution in [3.8, 4) is 0 Å². The third-order valence-electron chi connectivity index (χ3n) is 3.78. The summed E-state index contributed by atoms with van der Waals surface area (Å²) < 4.78 is 6.13. The van der Waals surface area contributed by atoms with Gasteiger partial charge in [0.05, 0.1) is 12.6 Å². The van der Waals surface area contributed by atoms with E-state index in [-0.39, 0.29) is 11.9 Å². The van der Waals surface area contributed by atoms with E-state index in [2.05, 4.69) is 33.4 Å². The van der Waals surface area contributed by atoms with Gasteiger partial charge in [-0.1, -0.05) is 24.3 Å². The Morgan fingerprint density at radius 2 is 2.10 bits per heavy atom. The van der Waals surface area contributed by atoms with Gasteiger partial charge in [-0.15, -0.1) is 0 Å². The second-order valence-electron chi connectivity index (χ2n) is 5.31. The number of rotatable bonds is 3. The first-order valence-corrected chi connectivity index (χ1v) is 7.72. The molecule has 0 bridgehead atoms. The molecule has 2 heterocycles. The van der Waals surface area contributed by atoms with Gasteiger partial charge in [-0.25, -0.2) is 0 Å². The summed E-state index contributed by atoms with van der Waals surface area (Å²) in [7, 11) is 1.81. The van der Waals surface area contributed by atoms with Crippen LogP contribution in [0.5, 0.6) is 0 Å². The molecule has 0 radical (unpaired) electrons. The summed E-state index contributed by atoms with van der Waals surface area (Å²) in [4.78, 5) is 14.2. The second-order valence-corrected chi connectivity index (χ2v) is 6.09. The molecule has 0 aliphatic carbocycles. The number of nitrogens with zero attached hydrogens (tertiary/aromatic N) is 1. The minimum absolute atomic E-state index is 0.0945. The summed E-state index contributed by atoms with van der Waals surface area (Å²) in [6, 6.07) is 11.8. The number of hydrogen-bond donors (Lipinski definition) is 1. The van der Waals surface area contributed by atoms with Crippen LogP contribution in [0.1, 0.15) is 16.9 Å². The molecule has 1 aliphatic rings. The maximum Gasteiger partial charge on any atom is 0.240 e. The van der Waals surface area contributed by atoms with Crippen LogP contribution in [0.4, 0.5) is 0 Å². The monoisotopic (exact) mass is 348 g/mol. The van der Waals surface area contributed by atoms with Crippen LogP contribution in [0, 0.1) is 0 Å². The second kappa shape index (κ2) is 6.03. The maximum atomic E-state index is 12.5. The Bertz CT molecular complexity index is 653. The van der Waals surface area contributed by atoms with E-state index in [0.717, 1.165) is 18.7 Å². The van der Waals surface area contributed by atoms with Crippen molar-refractivity contribution in [1.82, 2.24) is 10.2 Å². The molecule has 21 heavy (non-hydrogen) atoms. The molecule has 1 atom stereocenters. The van der Waals surface area contributed by atoms with Gasteiger partial charge in [0.15, 0.2) is 4.67 Å². The van der Waals surface area contributed by atoms with E-state index in [0.29, 0.717) is 11.2 Å². The SMILES string of the molecule is CN(Cc1ccc(Br)o1)C(=O)[C@H]1Cc2ccccc2CN1. The molecule has 5 heteroatoms. The van der Waals surface area contributed by atoms with E-state index < -0.39 is 0 Å². The summed E-state index contributed by atoms with van der Waals surface area (Å²) in [5.41, 5.74) is 2.53. The molecule has 4 nitrogen and oxygen atoms in total. The zero-order chi connectivity index (χ0) is 14.8. The summed E-state index contributed by atoms with van der Waals surface area (Å²) in [5, 5.41) is 3.32. The molecule has 1 N–H and O–H groups in total. The molecule has 1 aliphatic heterocycles. The molecule has 1 aromatic heterocycles. The van der Waals surface area contributed by atoms with Crippen molar-refractivity contribution in [2.24, 2.45) is 0 Å². The van der Waals surface area contributed by atoms with Crippen molar-refractivity contribution < 1.29 is 9.21 Å². The molecule has 0 saturated carbocycles. The molecule has 0 saturated heterocycles. The number of halogens is 1. The number of hydrogen-bond acceptors (Lipinski definition) is 3. The van der Waals surface area contributed by atoms with Crippen LogP contribution in [0.2, 0.25) is 0 Å². The topological polar surface area (TPSA) is 45.5 Å². The zero-order valence-corrected chi connectivity index (χ0v) is 13.4. The molecule has 2 aromatic rings. The van der Waals surface area contributed by atoms with Gasteiger partial charge in [0, 0.05) is 13.6 Å². The van der Waals surface area contributed by atoms with Gasteiger partial charge in [-0.05, 0) is 45.6 Å². The number of fused-ring (bicyclic) bond motifs is 1. The highest BCUT2D eigenvalue weighted by molar-refractivity contribution is 9.10. The molecule has 1 amide bonds. The lowest BCUT2D eigenvalue weighted by molar-refractivity contribution is -0.133. The average molecular weight is 349 g/mol. The first-order chi connectivity index (χ1) is 10.1. The summed E-state index contributed by atoms with van der Waals surface area (Å²) in [6.45, 7) is 1.22. The van der Waals surface area contributed by atoms with Gasteiger partial charge >= 0.3 is 0 Å². The highest BCUT2D eigenvalue weighted by Crippen LogP contribution is 2.19. The van der Waals surface area contributed by atoms with Crippen LogP contribution in [0.25, 0.3) is 0 Å². The molecular formula is C16H17BrN2O2. The number of furan rings is 1. The average Bonchev–Trinajstić information content (AvgIpc) is 2.91. The van der Waals surface area contributed by atoms with E-state index in [1.807, 2.05) is 24.3 Å². The van der Waals surface area contributed by atoms with E-state index in [1.54, 1.807) is 11.9 Å². The quantitative estimate of drug-likeness (QED) is 0.927. The highest BCUT2D eigenvalue weighted by atomic mass is 79.9. The van der Waals surface area contributed by atoms with Crippen molar-refractivity contribution in [2.45, 2.75) is 25.6 Å². The minimum atomic E-state index is -0.164. The zero-order valence-electron chi connectivity index (χ0n) is 11.8. The summed E-state index contributed by atoms with van der Waals surface area (Å²) in [6.07, 6.45) is 0.737. The van der Waals surface area contributed by atoms with E-state index in [9.17, 15) is 4.79 Å². The third kappa shape index (κ3) is 3.19. The van der Waals surface area contributed by atoms with E-state index in [1.165, 1.54) is 11.1 Å². The Kier molecular flexibility index (Phi) is 4.12. The van der Waals surface area contributed by atoms with Crippen LogP contribution >= 0.6 is 15.9 Å². The van der Waals surface area contributed by atoms with Crippen LogP contribution in [0.3, 0.4) is 0 Å². The molecule has 110 valence electrons. The van der Waals surface area contributed by atoms with Crippen molar-refractivity contribution in [2.75, 3.05) is 7.05 Å². The van der Waals surface area contributed by atoms with Crippen LogP contribution in [-0.4, -0.2) is 23.9 Å². The summed E-state index contributed by atoms with van der Waals surface area (Å²) in [5.74, 6) is 0.867. The Morgan fingerprint density at radius 3 is 2.81 bits per heavy atom. The minimum Gasteiger partial charge on any atom is -0.452 e. The lowest BCUT2D eigenvalue weighted by atomic mass is 9.95. The first kappa shape index (κ1) is 14.4. The Hall–Kier alpha value is -1.59. The highest BCUT2D eigenvalue weighted by Gasteiger charge is 2.26. The molecule has 1 aromatic carbocycles. The Labute approximate surface area is 132 Å². The largest absolute Gasteiger partial charge is 0.452 e. The number of likely N-dealkylation sites (N-methyl/N-ethyl adjacent to an activating group) is 1. The summed E-state index contributed by atoms with van der Waals surface area (Å²) >= 11 is 3.27. The van der Waals surface area contributed by atoms with Gasteiger partial charge in [0.25, 0.3) is 0 Å². The van der Waals surface area contributed by atoms with Crippen LogP contribution in [-0.2, 0) is 24.3 Å². The Morgan fingerprint density at radius 1 is 1.33 bits per heavy atom. The maximum absolute atomic E-state index is 12.5. The van der Waals surface area contributed by atoms with Crippen LogP contribution < -0.4 is 5.32 Å². The normalized spacial score (nSPS) is 17.3. The fourth-order valence-corrected chi connectivity index (χ4v) is 2.98. The lowest BCUT2D eigenvalue weighted by Crippen LogP contribution is -2.47. The number of amides is 1. The molecule has 0 spiro atoms. The fraction of sp³-hybridized carbons (Fsp3) is 0.312. The molecule has 3 rings (SSSR count). The van der Waals surface area contributed by atoms with Crippen molar-refractivity contribution in [3.63, 3.8) is 0 Å². The van der Waals surface area contributed by atoms with Gasteiger partial charge in [-0.2, -0.15) is 0 Å². The number of carbonyl (C=O) groups excluding carboxylic acids is 1. The van der Waals surface area contributed by atoms with Gasteiger partial charge in [0.2, 0.25) is 5.91 Å². The molecule has 0 unspecified atom stereocenters. The number of benzene rings is 1. The van der Waals surface area contributed by atoms with Crippen LogP contribution in [0.15, 0.2) is 45.5 Å². The first-order valence-electron chi connectivity index (χ1n) is 6.93. The van der Waals surface area contributed by atoms with E-state index >= 15 is 0 Å².